The van der Waals surface area contributed by atoms with Crippen LogP contribution in [0.15, 0.2) is 60.7 Å². The van der Waals surface area contributed by atoms with Crippen molar-refractivity contribution in [3.63, 3.8) is 0 Å². The fraction of sp³-hybridized carbons (Fsp3) is 0.429. The van der Waals surface area contributed by atoms with Crippen molar-refractivity contribution in [2.45, 2.75) is 56.3 Å². The molecule has 2 N–H and O–H groups in total. The van der Waals surface area contributed by atoms with Crippen molar-refractivity contribution in [2.24, 2.45) is 0 Å². The van der Waals surface area contributed by atoms with Gasteiger partial charge in [-0.15, -0.1) is 0 Å². The zero-order chi connectivity index (χ0) is 19.5. The van der Waals surface area contributed by atoms with Crippen LogP contribution < -0.4 is 0 Å². The Bertz CT molecular complexity index is 682. The highest BCUT2D eigenvalue weighted by Crippen LogP contribution is 2.43. The molecule has 27 heavy (non-hydrogen) atoms. The third-order valence-corrected chi connectivity index (χ3v) is 5.37. The van der Waals surface area contributed by atoms with Gasteiger partial charge in [0.15, 0.2) is 5.60 Å². The Morgan fingerprint density at radius 3 is 1.81 bits per heavy atom. The van der Waals surface area contributed by atoms with Gasteiger partial charge in [0, 0.05) is 19.1 Å². The molecule has 0 bridgehead atoms. The van der Waals surface area contributed by atoms with Crippen molar-refractivity contribution in [2.75, 3.05) is 0 Å². The summed E-state index contributed by atoms with van der Waals surface area (Å²) in [4.78, 5) is 2.09. The number of alkyl halides is 3. The Balaban J connectivity index is 1.79. The number of rotatable bonds is 5. The number of aliphatic hydroxyl groups is 2. The summed E-state index contributed by atoms with van der Waals surface area (Å²) in [6.07, 6.45) is -7.10. The second-order valence-corrected chi connectivity index (χ2v) is 7.24. The van der Waals surface area contributed by atoms with Gasteiger partial charge in [-0.1, -0.05) is 60.7 Å². The molecule has 1 fully saturated rings. The molecule has 3 atom stereocenters. The summed E-state index contributed by atoms with van der Waals surface area (Å²) in [5, 5.41) is 20.1. The Morgan fingerprint density at radius 2 is 1.41 bits per heavy atom. The first kappa shape index (κ1) is 19.9. The van der Waals surface area contributed by atoms with E-state index in [-0.39, 0.29) is 18.9 Å². The molecule has 3 rings (SSSR count). The highest BCUT2D eigenvalue weighted by Gasteiger charge is 2.60. The summed E-state index contributed by atoms with van der Waals surface area (Å²) in [6.45, 7) is 1.13. The van der Waals surface area contributed by atoms with Gasteiger partial charge in [-0.05, 0) is 30.4 Å². The van der Waals surface area contributed by atoms with E-state index in [4.69, 9.17) is 0 Å². The molecule has 0 aliphatic heterocycles. The minimum Gasteiger partial charge on any atom is -0.390 e. The number of hydrogen-bond donors (Lipinski definition) is 2. The predicted octanol–water partition coefficient (Wildman–Crippen LogP) is 3.90. The molecular formula is C21H24F3NO2. The van der Waals surface area contributed by atoms with Gasteiger partial charge in [0.2, 0.25) is 0 Å². The fourth-order valence-corrected chi connectivity index (χ4v) is 3.74. The summed E-state index contributed by atoms with van der Waals surface area (Å²) in [6, 6.07) is 19.2. The topological polar surface area (TPSA) is 43.7 Å². The monoisotopic (exact) mass is 379 g/mol. The Labute approximate surface area is 157 Å². The maximum absolute atomic E-state index is 13.2. The van der Waals surface area contributed by atoms with Crippen LogP contribution in [0.3, 0.4) is 0 Å². The second-order valence-electron chi connectivity index (χ2n) is 7.24. The molecular weight excluding hydrogens is 355 g/mol. The third kappa shape index (κ3) is 4.51. The summed E-state index contributed by atoms with van der Waals surface area (Å²) in [5.74, 6) is 0. The van der Waals surface area contributed by atoms with Crippen LogP contribution in [0.1, 0.15) is 30.4 Å². The van der Waals surface area contributed by atoms with Crippen LogP contribution in [0.5, 0.6) is 0 Å². The Hall–Kier alpha value is -1.89. The lowest BCUT2D eigenvalue weighted by atomic mass is 9.78. The van der Waals surface area contributed by atoms with E-state index in [0.29, 0.717) is 13.1 Å². The number of nitrogens with zero attached hydrogens (tertiary/aromatic N) is 1. The van der Waals surface area contributed by atoms with E-state index in [1.807, 2.05) is 60.7 Å². The van der Waals surface area contributed by atoms with Crippen molar-refractivity contribution in [3.05, 3.63) is 71.8 Å². The molecule has 1 saturated carbocycles. The fourth-order valence-electron chi connectivity index (χ4n) is 3.74. The highest BCUT2D eigenvalue weighted by molar-refractivity contribution is 5.17. The lowest BCUT2D eigenvalue weighted by molar-refractivity contribution is -0.302. The molecule has 3 nitrogen and oxygen atoms in total. The minimum absolute atomic E-state index is 0.115. The van der Waals surface area contributed by atoms with E-state index >= 15 is 0 Å². The number of halogens is 3. The Kier molecular flexibility index (Phi) is 5.89. The lowest BCUT2D eigenvalue weighted by Gasteiger charge is -2.44. The number of benzene rings is 2. The maximum Gasteiger partial charge on any atom is 0.419 e. The van der Waals surface area contributed by atoms with Crippen LogP contribution in [0, 0.1) is 0 Å². The zero-order valence-corrected chi connectivity index (χ0v) is 14.9. The van der Waals surface area contributed by atoms with Crippen molar-refractivity contribution < 1.29 is 23.4 Å². The number of hydrogen-bond acceptors (Lipinski definition) is 3. The van der Waals surface area contributed by atoms with Gasteiger partial charge < -0.3 is 10.2 Å². The van der Waals surface area contributed by atoms with Crippen LogP contribution >= 0.6 is 0 Å². The van der Waals surface area contributed by atoms with Gasteiger partial charge in [0.25, 0.3) is 0 Å². The molecule has 0 spiro atoms. The van der Waals surface area contributed by atoms with Gasteiger partial charge in [-0.3, -0.25) is 4.90 Å². The van der Waals surface area contributed by atoms with E-state index in [9.17, 15) is 23.4 Å². The molecule has 0 aromatic heterocycles. The van der Waals surface area contributed by atoms with Gasteiger partial charge in [-0.2, -0.15) is 13.2 Å². The zero-order valence-electron chi connectivity index (χ0n) is 14.9. The first-order valence-electron chi connectivity index (χ1n) is 9.08. The highest BCUT2D eigenvalue weighted by atomic mass is 19.4. The van der Waals surface area contributed by atoms with Crippen LogP contribution in [-0.2, 0) is 13.1 Å². The molecule has 2 aromatic rings. The molecule has 146 valence electrons. The molecule has 6 heteroatoms. The molecule has 1 aliphatic rings. The quantitative estimate of drug-likeness (QED) is 0.828. The molecule has 0 radical (unpaired) electrons. The van der Waals surface area contributed by atoms with Crippen molar-refractivity contribution in [1.82, 2.24) is 4.90 Å². The molecule has 0 saturated heterocycles. The van der Waals surface area contributed by atoms with E-state index < -0.39 is 24.3 Å². The van der Waals surface area contributed by atoms with E-state index in [1.54, 1.807) is 0 Å². The molecule has 1 aliphatic carbocycles. The van der Waals surface area contributed by atoms with E-state index in [2.05, 4.69) is 4.90 Å². The maximum atomic E-state index is 13.2. The lowest BCUT2D eigenvalue weighted by Crippen LogP contribution is -2.59. The average molecular weight is 379 g/mol. The van der Waals surface area contributed by atoms with Gasteiger partial charge in [-0.25, -0.2) is 0 Å². The normalized spacial score (nSPS) is 26.3. The van der Waals surface area contributed by atoms with Gasteiger partial charge in [0.05, 0.1) is 6.10 Å². The summed E-state index contributed by atoms with van der Waals surface area (Å²) in [5.41, 5.74) is -0.909. The van der Waals surface area contributed by atoms with Crippen molar-refractivity contribution >= 4 is 0 Å². The van der Waals surface area contributed by atoms with Crippen LogP contribution in [0.4, 0.5) is 13.2 Å². The van der Waals surface area contributed by atoms with Gasteiger partial charge in [0.1, 0.15) is 0 Å². The third-order valence-electron chi connectivity index (χ3n) is 5.37. The van der Waals surface area contributed by atoms with E-state index in [0.717, 1.165) is 11.1 Å². The van der Waals surface area contributed by atoms with Crippen LogP contribution in [-0.4, -0.2) is 39.0 Å². The SMILES string of the molecule is O[C@H]1CC(N(Cc2ccccc2)Cc2ccccc2)CC[C@]1(O)C(F)(F)F. The molecule has 0 heterocycles. The van der Waals surface area contributed by atoms with Crippen LogP contribution in [0.25, 0.3) is 0 Å². The first-order chi connectivity index (χ1) is 12.8. The van der Waals surface area contributed by atoms with E-state index in [1.165, 1.54) is 0 Å². The first-order valence-corrected chi connectivity index (χ1v) is 9.08. The summed E-state index contributed by atoms with van der Waals surface area (Å²) >= 11 is 0. The predicted molar refractivity (Wildman–Crippen MR) is 96.8 cm³/mol. The smallest absolute Gasteiger partial charge is 0.390 e. The number of aliphatic hydroxyl groups excluding tert-OH is 1. The molecule has 0 amide bonds. The second kappa shape index (κ2) is 8.00. The summed E-state index contributed by atoms with van der Waals surface area (Å²) < 4.78 is 39.5. The molecule has 1 unspecified atom stereocenters. The summed E-state index contributed by atoms with van der Waals surface area (Å²) in [7, 11) is 0. The molecule has 2 aromatic carbocycles. The minimum atomic E-state index is -4.83. The van der Waals surface area contributed by atoms with Crippen molar-refractivity contribution in [1.29, 1.82) is 0 Å². The standard InChI is InChI=1S/C21H24F3NO2/c22-21(23,24)20(27)12-11-18(13-19(20)26)25(14-16-7-3-1-4-8-16)15-17-9-5-2-6-10-17/h1-10,18-19,26-27H,11-15H2/t18?,19-,20+/m0/s1. The van der Waals surface area contributed by atoms with Gasteiger partial charge >= 0.3 is 6.18 Å². The Morgan fingerprint density at radius 1 is 0.926 bits per heavy atom. The van der Waals surface area contributed by atoms with Crippen molar-refractivity contribution in [3.8, 4) is 0 Å². The van der Waals surface area contributed by atoms with Crippen LogP contribution in [0.2, 0.25) is 0 Å². The average Bonchev–Trinajstić information content (AvgIpc) is 2.64. The largest absolute Gasteiger partial charge is 0.419 e.